The van der Waals surface area contributed by atoms with E-state index in [1.807, 2.05) is 24.0 Å². The molecule has 0 bridgehead atoms. The summed E-state index contributed by atoms with van der Waals surface area (Å²) in [4.78, 5) is 18.0. The van der Waals surface area contributed by atoms with Gasteiger partial charge in [0, 0.05) is 26.2 Å². The lowest BCUT2D eigenvalue weighted by molar-refractivity contribution is -0.132. The number of benzene rings is 1. The molecule has 3 aromatic rings. The normalized spacial score (nSPS) is 17.4. The second kappa shape index (κ2) is 6.93. The number of hydrogen-bond acceptors (Lipinski definition) is 6. The van der Waals surface area contributed by atoms with Crippen molar-refractivity contribution in [1.82, 2.24) is 24.4 Å². The van der Waals surface area contributed by atoms with Crippen LogP contribution in [-0.2, 0) is 4.79 Å². The zero-order valence-corrected chi connectivity index (χ0v) is 16.0. The molecule has 1 aliphatic heterocycles. The third kappa shape index (κ3) is 3.14. The average Bonchev–Trinajstić information content (AvgIpc) is 3.21. The fourth-order valence-electron chi connectivity index (χ4n) is 3.18. The van der Waals surface area contributed by atoms with E-state index < -0.39 is 0 Å². The number of carbonyl (C=O) groups is 1. The zero-order chi connectivity index (χ0) is 17.4. The molecule has 0 spiro atoms. The van der Waals surface area contributed by atoms with Gasteiger partial charge in [-0.2, -0.15) is 0 Å². The van der Waals surface area contributed by atoms with Gasteiger partial charge in [0.25, 0.3) is 0 Å². The Labute approximate surface area is 154 Å². The lowest BCUT2D eigenvalue weighted by Crippen LogP contribution is -2.50. The van der Waals surface area contributed by atoms with Gasteiger partial charge in [0.15, 0.2) is 5.16 Å². The van der Waals surface area contributed by atoms with Crippen LogP contribution in [0.2, 0.25) is 0 Å². The molecule has 1 atom stereocenters. The predicted molar refractivity (Wildman–Crippen MR) is 102 cm³/mol. The van der Waals surface area contributed by atoms with Crippen LogP contribution in [0.3, 0.4) is 0 Å². The number of likely N-dealkylation sites (N-methyl/N-ethyl adjacent to an activating group) is 1. The summed E-state index contributed by atoms with van der Waals surface area (Å²) in [6.45, 7) is 8.73. The predicted octanol–water partition coefficient (Wildman–Crippen LogP) is 2.59. The first-order valence-electron chi connectivity index (χ1n) is 8.58. The molecule has 25 heavy (non-hydrogen) atoms. The molecule has 0 radical (unpaired) electrons. The third-order valence-corrected chi connectivity index (χ3v) is 6.71. The van der Waals surface area contributed by atoms with Crippen LogP contribution in [0.5, 0.6) is 0 Å². The Morgan fingerprint density at radius 1 is 1.24 bits per heavy atom. The van der Waals surface area contributed by atoms with E-state index >= 15 is 0 Å². The first kappa shape index (κ1) is 16.8. The second-order valence-electron chi connectivity index (χ2n) is 6.19. The van der Waals surface area contributed by atoms with Gasteiger partial charge in [-0.3, -0.25) is 9.20 Å². The summed E-state index contributed by atoms with van der Waals surface area (Å²) in [6, 6.07) is 8.21. The molecule has 132 valence electrons. The number of para-hydroxylation sites is 1. The SMILES string of the molecule is CCN1CCN(C(=O)C(C)Sc2nnc3sc4ccccc4n23)CC1. The molecule has 0 aliphatic carbocycles. The molecule has 1 aliphatic rings. The van der Waals surface area contributed by atoms with E-state index in [1.165, 1.54) is 16.5 Å². The summed E-state index contributed by atoms with van der Waals surface area (Å²) < 4.78 is 3.24. The molecule has 1 aromatic carbocycles. The first-order chi connectivity index (χ1) is 12.2. The number of carbonyl (C=O) groups excluding carboxylic acids is 1. The standard InChI is InChI=1S/C17H21N5OS2/c1-3-20-8-10-21(11-9-20)15(23)12(2)24-16-18-19-17-22(16)13-6-4-5-7-14(13)25-17/h4-7,12H,3,8-11H2,1-2H3. The van der Waals surface area contributed by atoms with Crippen molar-refractivity contribution < 1.29 is 4.79 Å². The van der Waals surface area contributed by atoms with E-state index in [9.17, 15) is 4.79 Å². The Balaban J connectivity index is 1.52. The van der Waals surface area contributed by atoms with Gasteiger partial charge in [-0.15, -0.1) is 10.2 Å². The summed E-state index contributed by atoms with van der Waals surface area (Å²) >= 11 is 3.12. The van der Waals surface area contributed by atoms with Crippen molar-refractivity contribution in [2.24, 2.45) is 0 Å². The molecular formula is C17H21N5OS2. The van der Waals surface area contributed by atoms with E-state index in [0.717, 1.165) is 48.4 Å². The van der Waals surface area contributed by atoms with Crippen molar-refractivity contribution in [1.29, 1.82) is 0 Å². The van der Waals surface area contributed by atoms with Crippen LogP contribution in [-0.4, -0.2) is 68.3 Å². The van der Waals surface area contributed by atoms with Gasteiger partial charge in [-0.1, -0.05) is 42.2 Å². The molecule has 3 heterocycles. The highest BCUT2D eigenvalue weighted by Gasteiger charge is 2.26. The van der Waals surface area contributed by atoms with Crippen LogP contribution in [0.25, 0.3) is 15.2 Å². The number of thioether (sulfide) groups is 1. The monoisotopic (exact) mass is 375 g/mol. The third-order valence-electron chi connectivity index (χ3n) is 4.67. The number of aromatic nitrogens is 3. The van der Waals surface area contributed by atoms with E-state index in [2.05, 4.69) is 38.6 Å². The van der Waals surface area contributed by atoms with Crippen LogP contribution in [0.4, 0.5) is 0 Å². The molecule has 2 aromatic heterocycles. The molecule has 1 saturated heterocycles. The molecule has 6 nitrogen and oxygen atoms in total. The number of nitrogens with zero attached hydrogens (tertiary/aromatic N) is 5. The maximum Gasteiger partial charge on any atom is 0.235 e. The van der Waals surface area contributed by atoms with Crippen LogP contribution < -0.4 is 0 Å². The average molecular weight is 376 g/mol. The van der Waals surface area contributed by atoms with Gasteiger partial charge in [0.1, 0.15) is 0 Å². The fraction of sp³-hybridized carbons (Fsp3) is 0.471. The summed E-state index contributed by atoms with van der Waals surface area (Å²) in [5, 5.41) is 9.21. The lowest BCUT2D eigenvalue weighted by atomic mass is 10.3. The van der Waals surface area contributed by atoms with Crippen molar-refractivity contribution >= 4 is 44.2 Å². The van der Waals surface area contributed by atoms with Gasteiger partial charge in [-0.25, -0.2) is 0 Å². The van der Waals surface area contributed by atoms with Crippen molar-refractivity contribution in [3.8, 4) is 0 Å². The Morgan fingerprint density at radius 3 is 2.76 bits per heavy atom. The number of amides is 1. The summed E-state index contributed by atoms with van der Waals surface area (Å²) in [6.07, 6.45) is 0. The van der Waals surface area contributed by atoms with Crippen molar-refractivity contribution in [2.45, 2.75) is 24.3 Å². The Bertz CT molecular complexity index is 897. The Kier molecular flexibility index (Phi) is 4.66. The van der Waals surface area contributed by atoms with E-state index in [1.54, 1.807) is 11.3 Å². The van der Waals surface area contributed by atoms with Crippen molar-refractivity contribution in [3.63, 3.8) is 0 Å². The summed E-state index contributed by atoms with van der Waals surface area (Å²) in [7, 11) is 0. The van der Waals surface area contributed by atoms with E-state index in [-0.39, 0.29) is 11.2 Å². The molecule has 1 fully saturated rings. The fourth-order valence-corrected chi connectivity index (χ4v) is 5.15. The summed E-state index contributed by atoms with van der Waals surface area (Å²) in [5.41, 5.74) is 1.10. The molecule has 4 rings (SSSR count). The zero-order valence-electron chi connectivity index (χ0n) is 14.4. The Morgan fingerprint density at radius 2 is 2.00 bits per heavy atom. The van der Waals surface area contributed by atoms with Gasteiger partial charge >= 0.3 is 0 Å². The lowest BCUT2D eigenvalue weighted by Gasteiger charge is -2.35. The van der Waals surface area contributed by atoms with Gasteiger partial charge < -0.3 is 9.80 Å². The van der Waals surface area contributed by atoms with E-state index in [0.29, 0.717) is 0 Å². The topological polar surface area (TPSA) is 53.7 Å². The van der Waals surface area contributed by atoms with Crippen LogP contribution >= 0.6 is 23.1 Å². The second-order valence-corrected chi connectivity index (χ2v) is 8.51. The number of piperazine rings is 1. The molecular weight excluding hydrogens is 354 g/mol. The summed E-state index contributed by atoms with van der Waals surface area (Å²) in [5.74, 6) is 0.192. The molecule has 1 amide bonds. The van der Waals surface area contributed by atoms with Gasteiger partial charge in [0.2, 0.25) is 10.9 Å². The highest BCUT2D eigenvalue weighted by Crippen LogP contribution is 2.31. The highest BCUT2D eigenvalue weighted by molar-refractivity contribution is 8.00. The minimum Gasteiger partial charge on any atom is -0.339 e. The Hall–Kier alpha value is -1.64. The minimum absolute atomic E-state index is 0.167. The van der Waals surface area contributed by atoms with E-state index in [4.69, 9.17) is 0 Å². The van der Waals surface area contributed by atoms with Gasteiger partial charge in [-0.05, 0) is 25.6 Å². The largest absolute Gasteiger partial charge is 0.339 e. The molecule has 1 unspecified atom stereocenters. The number of thiazole rings is 1. The van der Waals surface area contributed by atoms with Crippen LogP contribution in [0, 0.1) is 0 Å². The molecule has 0 saturated carbocycles. The van der Waals surface area contributed by atoms with Gasteiger partial charge in [0.05, 0.1) is 15.5 Å². The number of hydrogen-bond donors (Lipinski definition) is 0. The first-order valence-corrected chi connectivity index (χ1v) is 10.3. The smallest absolute Gasteiger partial charge is 0.235 e. The molecule has 0 N–H and O–H groups in total. The van der Waals surface area contributed by atoms with Crippen molar-refractivity contribution in [3.05, 3.63) is 24.3 Å². The molecule has 8 heteroatoms. The van der Waals surface area contributed by atoms with Crippen LogP contribution in [0.15, 0.2) is 29.4 Å². The minimum atomic E-state index is -0.167. The number of rotatable bonds is 4. The maximum atomic E-state index is 12.8. The van der Waals surface area contributed by atoms with Crippen LogP contribution in [0.1, 0.15) is 13.8 Å². The highest BCUT2D eigenvalue weighted by atomic mass is 32.2. The quantitative estimate of drug-likeness (QED) is 0.656. The maximum absolute atomic E-state index is 12.8. The number of fused-ring (bicyclic) bond motifs is 3. The van der Waals surface area contributed by atoms with Crippen molar-refractivity contribution in [2.75, 3.05) is 32.7 Å².